The van der Waals surface area contributed by atoms with Crippen molar-refractivity contribution in [3.05, 3.63) is 41.4 Å². The van der Waals surface area contributed by atoms with Crippen molar-refractivity contribution in [3.63, 3.8) is 0 Å². The molecule has 0 radical (unpaired) electrons. The van der Waals surface area contributed by atoms with Gasteiger partial charge in [-0.3, -0.25) is 9.69 Å². The van der Waals surface area contributed by atoms with Crippen LogP contribution in [0.4, 0.5) is 5.13 Å². The number of carbonyl (C=O) groups is 2. The van der Waals surface area contributed by atoms with E-state index in [9.17, 15) is 18.0 Å². The Hall–Kier alpha value is -2.26. The zero-order valence-corrected chi connectivity index (χ0v) is 18.0. The van der Waals surface area contributed by atoms with Gasteiger partial charge in [-0.15, -0.1) is 11.3 Å². The Labute approximate surface area is 174 Å². The Morgan fingerprint density at radius 3 is 2.59 bits per heavy atom. The van der Waals surface area contributed by atoms with Crippen LogP contribution in [-0.2, 0) is 19.4 Å². The molecule has 29 heavy (non-hydrogen) atoms. The van der Waals surface area contributed by atoms with E-state index in [0.717, 1.165) is 38.4 Å². The molecule has 1 aliphatic rings. The fourth-order valence-electron chi connectivity index (χ4n) is 3.43. The number of esters is 1. The lowest BCUT2D eigenvalue weighted by Gasteiger charge is -2.33. The van der Waals surface area contributed by atoms with E-state index in [2.05, 4.69) is 4.98 Å². The summed E-state index contributed by atoms with van der Waals surface area (Å²) in [4.78, 5) is 31.7. The predicted octanol–water partition coefficient (Wildman–Crippen LogP) is 3.46. The number of benzene rings is 1. The molecule has 9 heteroatoms. The van der Waals surface area contributed by atoms with E-state index in [1.165, 1.54) is 42.5 Å². The number of hydrogen-bond donors (Lipinski definition) is 0. The van der Waals surface area contributed by atoms with Gasteiger partial charge in [0.15, 0.2) is 21.1 Å². The Morgan fingerprint density at radius 2 is 1.97 bits per heavy atom. The van der Waals surface area contributed by atoms with Crippen molar-refractivity contribution in [1.82, 2.24) is 4.98 Å². The van der Waals surface area contributed by atoms with Crippen LogP contribution < -0.4 is 4.90 Å². The number of rotatable bonds is 6. The summed E-state index contributed by atoms with van der Waals surface area (Å²) in [6, 6.07) is 5.65. The quantitative estimate of drug-likeness (QED) is 0.644. The van der Waals surface area contributed by atoms with Crippen LogP contribution in [0, 0.1) is 0 Å². The number of amides is 1. The molecule has 156 valence electrons. The number of ether oxygens (including phenoxy) is 1. The number of carbonyl (C=O) groups excluding carboxylic acids is 2. The summed E-state index contributed by atoms with van der Waals surface area (Å²) in [6.45, 7) is 1.53. The molecule has 0 saturated heterocycles. The van der Waals surface area contributed by atoms with E-state index in [0.29, 0.717) is 5.13 Å². The molecular formula is C20H24N2O5S2. The van der Waals surface area contributed by atoms with Gasteiger partial charge in [0.2, 0.25) is 0 Å². The lowest BCUT2D eigenvalue weighted by atomic mass is 9.94. The molecule has 0 bridgehead atoms. The number of hydrogen-bond acceptors (Lipinski definition) is 7. The normalized spacial score (nSPS) is 16.2. The van der Waals surface area contributed by atoms with Gasteiger partial charge in [0.25, 0.3) is 5.91 Å². The Kier molecular flexibility index (Phi) is 6.69. The van der Waals surface area contributed by atoms with Crippen LogP contribution >= 0.6 is 11.3 Å². The SMILES string of the molecule is CC(OC(=O)c1cccc(S(C)(=O)=O)c1)C(=O)N(c1nccs1)C1CCCCC1. The highest BCUT2D eigenvalue weighted by Crippen LogP contribution is 2.29. The smallest absolute Gasteiger partial charge is 0.338 e. The lowest BCUT2D eigenvalue weighted by molar-refractivity contribution is -0.127. The second kappa shape index (κ2) is 9.04. The second-order valence-corrected chi connectivity index (χ2v) is 10.1. The molecule has 1 saturated carbocycles. The Bertz CT molecular complexity index is 967. The maximum absolute atomic E-state index is 13.2. The first-order chi connectivity index (χ1) is 13.8. The Balaban J connectivity index is 1.76. The molecule has 7 nitrogen and oxygen atoms in total. The third-order valence-electron chi connectivity index (χ3n) is 4.93. The fourth-order valence-corrected chi connectivity index (χ4v) is 4.82. The highest BCUT2D eigenvalue weighted by molar-refractivity contribution is 7.90. The topological polar surface area (TPSA) is 93.6 Å². The average molecular weight is 437 g/mol. The number of thiazole rings is 1. The minimum atomic E-state index is -3.45. The van der Waals surface area contributed by atoms with Crippen LogP contribution in [0.1, 0.15) is 49.4 Å². The average Bonchev–Trinajstić information content (AvgIpc) is 3.22. The van der Waals surface area contributed by atoms with E-state index in [4.69, 9.17) is 4.74 Å². The van der Waals surface area contributed by atoms with Crippen LogP contribution in [0.3, 0.4) is 0 Å². The van der Waals surface area contributed by atoms with Gasteiger partial charge in [0.05, 0.1) is 10.5 Å². The summed E-state index contributed by atoms with van der Waals surface area (Å²) >= 11 is 1.38. The molecule has 0 N–H and O–H groups in total. The molecule has 3 rings (SSSR count). The number of anilines is 1. The van der Waals surface area contributed by atoms with Gasteiger partial charge in [0, 0.05) is 23.9 Å². The number of aromatic nitrogens is 1. The highest BCUT2D eigenvalue weighted by Gasteiger charge is 2.33. The monoisotopic (exact) mass is 436 g/mol. The molecule has 1 aliphatic carbocycles. The summed E-state index contributed by atoms with van der Waals surface area (Å²) in [6.07, 6.45) is 6.73. The largest absolute Gasteiger partial charge is 0.449 e. The number of nitrogens with zero attached hydrogens (tertiary/aromatic N) is 2. The molecule has 1 heterocycles. The number of sulfone groups is 1. The summed E-state index contributed by atoms with van der Waals surface area (Å²) in [7, 11) is -3.45. The molecule has 2 aromatic rings. The molecule has 0 aliphatic heterocycles. The van der Waals surface area contributed by atoms with Crippen LogP contribution in [0.15, 0.2) is 40.7 Å². The first-order valence-electron chi connectivity index (χ1n) is 9.51. The standard InChI is InChI=1S/C20H24N2O5S2/c1-14(27-19(24)15-7-6-10-17(13-15)29(2,25)26)18(23)22(20-21-11-12-28-20)16-8-4-3-5-9-16/h6-7,10-14,16H,3-5,8-9H2,1-2H3. The van der Waals surface area contributed by atoms with Gasteiger partial charge >= 0.3 is 5.97 Å². The zero-order valence-electron chi connectivity index (χ0n) is 16.4. The zero-order chi connectivity index (χ0) is 21.0. The van der Waals surface area contributed by atoms with E-state index in [1.807, 2.05) is 5.38 Å². The van der Waals surface area contributed by atoms with E-state index in [1.54, 1.807) is 11.1 Å². The van der Waals surface area contributed by atoms with Crippen LogP contribution in [0.2, 0.25) is 0 Å². The Morgan fingerprint density at radius 1 is 1.24 bits per heavy atom. The van der Waals surface area contributed by atoms with E-state index in [-0.39, 0.29) is 22.4 Å². The van der Waals surface area contributed by atoms with Crippen molar-refractivity contribution in [2.24, 2.45) is 0 Å². The van der Waals surface area contributed by atoms with Gasteiger partial charge in [0.1, 0.15) is 0 Å². The lowest BCUT2D eigenvalue weighted by Crippen LogP contribution is -2.47. The van der Waals surface area contributed by atoms with Gasteiger partial charge in [-0.1, -0.05) is 25.3 Å². The molecular weight excluding hydrogens is 412 g/mol. The van der Waals surface area contributed by atoms with E-state index < -0.39 is 21.9 Å². The summed E-state index contributed by atoms with van der Waals surface area (Å²) in [5, 5.41) is 2.41. The molecule has 1 amide bonds. The third kappa shape index (κ3) is 5.22. The maximum Gasteiger partial charge on any atom is 0.338 e. The minimum Gasteiger partial charge on any atom is -0.449 e. The van der Waals surface area contributed by atoms with Crippen LogP contribution in [0.5, 0.6) is 0 Å². The fraction of sp³-hybridized carbons (Fsp3) is 0.450. The minimum absolute atomic E-state index is 0.0255. The van der Waals surface area contributed by atoms with Crippen molar-refractivity contribution in [3.8, 4) is 0 Å². The van der Waals surface area contributed by atoms with Crippen LogP contribution in [-0.4, -0.2) is 43.7 Å². The second-order valence-electron chi connectivity index (χ2n) is 7.16. The molecule has 1 aromatic carbocycles. The van der Waals surface area contributed by atoms with Gasteiger partial charge in [-0.25, -0.2) is 18.2 Å². The van der Waals surface area contributed by atoms with Crippen molar-refractivity contribution in [2.45, 2.75) is 56.1 Å². The maximum atomic E-state index is 13.2. The van der Waals surface area contributed by atoms with Crippen molar-refractivity contribution < 1.29 is 22.7 Å². The summed E-state index contributed by atoms with van der Waals surface area (Å²) < 4.78 is 28.8. The van der Waals surface area contributed by atoms with Gasteiger partial charge in [-0.05, 0) is 38.0 Å². The third-order valence-corrected chi connectivity index (χ3v) is 6.81. The van der Waals surface area contributed by atoms with Crippen molar-refractivity contribution in [2.75, 3.05) is 11.2 Å². The first-order valence-corrected chi connectivity index (χ1v) is 12.3. The molecule has 1 atom stereocenters. The van der Waals surface area contributed by atoms with Crippen molar-refractivity contribution in [1.29, 1.82) is 0 Å². The molecule has 1 aromatic heterocycles. The molecule has 0 spiro atoms. The summed E-state index contributed by atoms with van der Waals surface area (Å²) in [5.41, 5.74) is 0.0889. The summed E-state index contributed by atoms with van der Waals surface area (Å²) in [5.74, 6) is -1.06. The van der Waals surface area contributed by atoms with Gasteiger partial charge in [-0.2, -0.15) is 0 Å². The molecule has 1 unspecified atom stereocenters. The first kappa shape index (κ1) is 21.4. The highest BCUT2D eigenvalue weighted by atomic mass is 32.2. The van der Waals surface area contributed by atoms with Crippen LogP contribution in [0.25, 0.3) is 0 Å². The predicted molar refractivity (Wildman–Crippen MR) is 111 cm³/mol. The van der Waals surface area contributed by atoms with E-state index >= 15 is 0 Å². The van der Waals surface area contributed by atoms with Crippen molar-refractivity contribution >= 4 is 38.2 Å². The molecule has 1 fully saturated rings. The van der Waals surface area contributed by atoms with Gasteiger partial charge < -0.3 is 4.74 Å².